The number of fused-ring (bicyclic) bond motifs is 2. The molecule has 0 atom stereocenters. The van der Waals surface area contributed by atoms with Gasteiger partial charge in [-0.3, -0.25) is 18.2 Å². The molecule has 61 heavy (non-hydrogen) atoms. The van der Waals surface area contributed by atoms with E-state index >= 15 is 0 Å². The van der Waals surface area contributed by atoms with Gasteiger partial charge in [0.05, 0.1) is 38.6 Å². The molecule has 0 saturated heterocycles. The van der Waals surface area contributed by atoms with Crippen molar-refractivity contribution in [3.63, 3.8) is 0 Å². The molecular formula is C34H27N5O17S5. The number of phenols is 1. The molecule has 7 N–H and O–H groups in total. The van der Waals surface area contributed by atoms with Gasteiger partial charge < -0.3 is 19.8 Å². The summed E-state index contributed by atoms with van der Waals surface area (Å²) in [4.78, 5) is -3.95. The van der Waals surface area contributed by atoms with Gasteiger partial charge in [-0.15, -0.1) is 15.3 Å². The molecule has 6 aromatic carbocycles. The monoisotopic (exact) mass is 937 g/mol. The van der Waals surface area contributed by atoms with E-state index in [1.165, 1.54) is 56.5 Å². The first-order valence-corrected chi connectivity index (χ1v) is 23.5. The fourth-order valence-corrected chi connectivity index (χ4v) is 8.99. The Morgan fingerprint density at radius 1 is 0.541 bits per heavy atom. The molecule has 22 nitrogen and oxygen atoms in total. The number of nitrogens with zero attached hydrogens (tertiary/aromatic N) is 4. The summed E-state index contributed by atoms with van der Waals surface area (Å²) in [6.07, 6.45) is 0. The van der Waals surface area contributed by atoms with Crippen molar-refractivity contribution in [3.8, 4) is 17.2 Å². The van der Waals surface area contributed by atoms with Gasteiger partial charge in [0.15, 0.2) is 11.5 Å². The largest absolute Gasteiger partial charge is 0.505 e. The number of nitrogen functional groups attached to an aromatic ring is 1. The number of rotatable bonds is 12. The van der Waals surface area contributed by atoms with E-state index in [1.54, 1.807) is 0 Å². The van der Waals surface area contributed by atoms with E-state index in [4.69, 9.17) is 14.7 Å². The molecule has 6 rings (SSSR count). The lowest BCUT2D eigenvalue weighted by atomic mass is 10.1. The van der Waals surface area contributed by atoms with Crippen LogP contribution >= 0.6 is 0 Å². The fourth-order valence-electron chi connectivity index (χ4n) is 5.75. The maximum absolute atomic E-state index is 13.3. The van der Waals surface area contributed by atoms with Gasteiger partial charge in [0.1, 0.15) is 26.9 Å². The second-order valence-electron chi connectivity index (χ2n) is 12.6. The number of aromatic hydroxyl groups is 1. The number of nitrogens with two attached hydrogens (primary N) is 1. The van der Waals surface area contributed by atoms with Crippen molar-refractivity contribution in [1.29, 1.82) is 0 Å². The van der Waals surface area contributed by atoms with E-state index in [0.717, 1.165) is 36.4 Å². The van der Waals surface area contributed by atoms with Gasteiger partial charge in [0.25, 0.3) is 40.5 Å². The first-order valence-electron chi connectivity index (χ1n) is 16.3. The predicted octanol–water partition coefficient (Wildman–Crippen LogP) is 6.18. The van der Waals surface area contributed by atoms with Gasteiger partial charge in [-0.1, -0.05) is 18.2 Å². The normalized spacial score (nSPS) is 13.1. The SMILES string of the molecule is COc1cc(N=Nc2cc(S(=O)(=O)O)cc3cc(S(=O)(=O)O)cc(OS(=O)(=O)c4ccccc4)c23)c(C)cc1N=Nc1c(S(=O)(=O)O)cc2cc(S(=O)(=O)O)cc(N)c2c1O. The third-order valence-corrected chi connectivity index (χ3v) is 13.1. The molecule has 0 aliphatic carbocycles. The Bertz CT molecular complexity index is 3470. The molecular weight excluding hydrogens is 911 g/mol. The Balaban J connectivity index is 1.50. The maximum atomic E-state index is 13.3. The molecule has 320 valence electrons. The molecule has 0 aromatic heterocycles. The highest BCUT2D eigenvalue weighted by atomic mass is 32.2. The van der Waals surface area contributed by atoms with Crippen LogP contribution < -0.4 is 14.7 Å². The van der Waals surface area contributed by atoms with Crippen molar-refractivity contribution in [2.75, 3.05) is 12.8 Å². The third kappa shape index (κ3) is 9.28. The minimum absolute atomic E-state index is 0.0512. The van der Waals surface area contributed by atoms with Crippen LogP contribution in [0.25, 0.3) is 21.5 Å². The summed E-state index contributed by atoms with van der Waals surface area (Å²) in [5, 5.41) is 25.6. The molecule has 0 heterocycles. The van der Waals surface area contributed by atoms with Gasteiger partial charge in [0, 0.05) is 23.2 Å². The van der Waals surface area contributed by atoms with Gasteiger partial charge in [-0.05, 0) is 77.9 Å². The molecule has 0 amide bonds. The zero-order valence-electron chi connectivity index (χ0n) is 30.6. The Morgan fingerprint density at radius 2 is 1.07 bits per heavy atom. The topological polar surface area (TPSA) is 366 Å². The summed E-state index contributed by atoms with van der Waals surface area (Å²) in [6, 6.07) is 14.3. The Labute approximate surface area is 345 Å². The van der Waals surface area contributed by atoms with Crippen LogP contribution in [0, 0.1) is 6.92 Å². The molecule has 0 radical (unpaired) electrons. The molecule has 0 bridgehead atoms. The number of methoxy groups -OCH3 is 1. The first-order chi connectivity index (χ1) is 28.2. The van der Waals surface area contributed by atoms with E-state index in [0.29, 0.717) is 6.07 Å². The van der Waals surface area contributed by atoms with Crippen LogP contribution in [0.4, 0.5) is 28.4 Å². The number of azo groups is 2. The van der Waals surface area contributed by atoms with Crippen LogP contribution in [0.15, 0.2) is 130 Å². The van der Waals surface area contributed by atoms with Crippen LogP contribution in [-0.2, 0) is 50.6 Å². The molecule has 6 aromatic rings. The summed E-state index contributed by atoms with van der Waals surface area (Å²) in [5.74, 6) is -1.87. The second-order valence-corrected chi connectivity index (χ2v) is 19.8. The zero-order valence-corrected chi connectivity index (χ0v) is 34.7. The first kappa shape index (κ1) is 44.4. The van der Waals surface area contributed by atoms with Crippen molar-refractivity contribution >= 4 is 101 Å². The highest BCUT2D eigenvalue weighted by Crippen LogP contribution is 2.46. The average molecular weight is 938 g/mol. The lowest BCUT2D eigenvalue weighted by Crippen LogP contribution is -2.11. The zero-order chi connectivity index (χ0) is 45.0. The highest BCUT2D eigenvalue weighted by Gasteiger charge is 2.27. The average Bonchev–Trinajstić information content (AvgIpc) is 3.15. The number of ether oxygens (including phenoxy) is 1. The number of hydrogen-bond donors (Lipinski definition) is 6. The Morgan fingerprint density at radius 3 is 1.62 bits per heavy atom. The van der Waals surface area contributed by atoms with Gasteiger partial charge in [0.2, 0.25) is 0 Å². The Kier molecular flexibility index (Phi) is 11.4. The molecule has 0 fully saturated rings. The molecule has 0 spiro atoms. The molecule has 27 heteroatoms. The highest BCUT2D eigenvalue weighted by molar-refractivity contribution is 7.87. The number of aryl methyl sites for hydroxylation is 1. The van der Waals surface area contributed by atoms with Gasteiger partial charge >= 0.3 is 10.1 Å². The predicted molar refractivity (Wildman–Crippen MR) is 214 cm³/mol. The quantitative estimate of drug-likeness (QED) is 0.0345. The van der Waals surface area contributed by atoms with Crippen LogP contribution in [0.5, 0.6) is 17.2 Å². The van der Waals surface area contributed by atoms with E-state index in [-0.39, 0.29) is 43.7 Å². The number of phenolic OH excluding ortho intramolecular Hbond substituents is 1. The smallest absolute Gasteiger partial charge is 0.339 e. The van der Waals surface area contributed by atoms with Crippen LogP contribution in [0.1, 0.15) is 5.56 Å². The van der Waals surface area contributed by atoms with Crippen molar-refractivity contribution in [2.24, 2.45) is 20.5 Å². The summed E-state index contributed by atoms with van der Waals surface area (Å²) in [6.45, 7) is 1.45. The second kappa shape index (κ2) is 15.7. The maximum Gasteiger partial charge on any atom is 0.339 e. The minimum Gasteiger partial charge on any atom is -0.505 e. The summed E-state index contributed by atoms with van der Waals surface area (Å²) in [7, 11) is -23.7. The molecule has 0 aliphatic heterocycles. The van der Waals surface area contributed by atoms with Gasteiger partial charge in [-0.25, -0.2) is 0 Å². The molecule has 0 aliphatic rings. The number of hydrogen-bond acceptors (Lipinski definition) is 18. The van der Waals surface area contributed by atoms with Crippen molar-refractivity contribution in [2.45, 2.75) is 31.4 Å². The standard InChI is InChI=1S/C34H27N5O17S5/c1-17-8-26(37-39-33-30(60(50,51)52)12-19-11-21(57(41,42)43)13-24(35)31(19)34(33)40)28(55-2)16-25(17)36-38-27-14-22(58(44,45)46)9-18-10-23(59(47,48)49)15-29(32(18)27)56-61(53,54)20-6-4-3-5-7-20/h3-16,40H,35H2,1-2H3,(H,41,42,43)(H,44,45,46)(H,47,48,49)(H,50,51,52). The van der Waals surface area contributed by atoms with Crippen LogP contribution in [0.3, 0.4) is 0 Å². The van der Waals surface area contributed by atoms with Crippen molar-refractivity contribution in [3.05, 3.63) is 90.5 Å². The van der Waals surface area contributed by atoms with Crippen molar-refractivity contribution in [1.82, 2.24) is 0 Å². The summed E-state index contributed by atoms with van der Waals surface area (Å²) in [5.41, 5.74) is 4.12. The number of benzene rings is 6. The lowest BCUT2D eigenvalue weighted by Gasteiger charge is -2.14. The number of anilines is 1. The Hall–Kier alpha value is -6.17. The van der Waals surface area contributed by atoms with Gasteiger partial charge in [-0.2, -0.15) is 47.2 Å². The van der Waals surface area contributed by atoms with E-state index in [1.807, 2.05) is 0 Å². The van der Waals surface area contributed by atoms with Crippen molar-refractivity contribution < 1.29 is 74.3 Å². The summed E-state index contributed by atoms with van der Waals surface area (Å²) < 4.78 is 174. The molecule has 0 unspecified atom stereocenters. The van der Waals surface area contributed by atoms with E-state index in [9.17, 15) is 65.4 Å². The van der Waals surface area contributed by atoms with Crippen LogP contribution in [-0.4, -0.2) is 72.5 Å². The lowest BCUT2D eigenvalue weighted by molar-refractivity contribution is 0.416. The fraction of sp³-hybridized carbons (Fsp3) is 0.0588. The van der Waals surface area contributed by atoms with Crippen LogP contribution in [0.2, 0.25) is 0 Å². The van der Waals surface area contributed by atoms with E-state index in [2.05, 4.69) is 20.5 Å². The molecule has 0 saturated carbocycles. The summed E-state index contributed by atoms with van der Waals surface area (Å²) >= 11 is 0. The van der Waals surface area contributed by atoms with E-state index < -0.39 is 104 Å². The third-order valence-electron chi connectivity index (χ3n) is 8.52. The minimum atomic E-state index is -5.21.